The fourth-order valence-electron chi connectivity index (χ4n) is 2.15. The molecule has 0 atom stereocenters. The molecule has 0 spiro atoms. The van der Waals surface area contributed by atoms with Gasteiger partial charge < -0.3 is 15.0 Å². The topological polar surface area (TPSA) is 41.6 Å². The van der Waals surface area contributed by atoms with Crippen LogP contribution in [0.3, 0.4) is 0 Å². The second-order valence-corrected chi connectivity index (χ2v) is 4.35. The van der Waals surface area contributed by atoms with E-state index in [-0.39, 0.29) is 17.3 Å². The second kappa shape index (κ2) is 5.52. The van der Waals surface area contributed by atoms with Crippen LogP contribution in [0.2, 0.25) is 0 Å². The summed E-state index contributed by atoms with van der Waals surface area (Å²) in [5, 5.41) is 3.09. The number of methoxy groups -OCH3 is 1. The molecule has 19 heavy (non-hydrogen) atoms. The predicted octanol–water partition coefficient (Wildman–Crippen LogP) is 1.55. The average molecular weight is 270 g/mol. The molecule has 1 aromatic carbocycles. The number of hydrogen-bond acceptors (Lipinski definition) is 4. The molecule has 0 aliphatic carbocycles. The molecule has 1 N–H and O–H groups in total. The average Bonchev–Trinajstić information content (AvgIpc) is 2.36. The van der Waals surface area contributed by atoms with Crippen LogP contribution < -0.4 is 10.2 Å². The molecule has 1 aliphatic heterocycles. The molecule has 1 aromatic rings. The van der Waals surface area contributed by atoms with Crippen LogP contribution in [-0.4, -0.2) is 38.8 Å². The van der Waals surface area contributed by atoms with Crippen molar-refractivity contribution in [2.45, 2.75) is 13.0 Å². The summed E-state index contributed by atoms with van der Waals surface area (Å²) < 4.78 is 32.3. The Labute approximate surface area is 110 Å². The number of hydrogen-bond donors (Lipinski definition) is 1. The molecule has 2 rings (SSSR count). The van der Waals surface area contributed by atoms with Crippen molar-refractivity contribution in [3.8, 4) is 0 Å². The molecule has 0 radical (unpaired) electrons. The zero-order valence-corrected chi connectivity index (χ0v) is 10.9. The first-order valence-electron chi connectivity index (χ1n) is 6.13. The predicted molar refractivity (Wildman–Crippen MR) is 67.4 cm³/mol. The van der Waals surface area contributed by atoms with E-state index >= 15 is 0 Å². The van der Waals surface area contributed by atoms with Crippen molar-refractivity contribution in [1.82, 2.24) is 5.32 Å². The zero-order chi connectivity index (χ0) is 14.0. The Morgan fingerprint density at radius 2 is 2.11 bits per heavy atom. The van der Waals surface area contributed by atoms with E-state index in [1.54, 1.807) is 4.90 Å². The van der Waals surface area contributed by atoms with Crippen molar-refractivity contribution < 1.29 is 18.3 Å². The molecule has 0 bridgehead atoms. The van der Waals surface area contributed by atoms with E-state index in [0.29, 0.717) is 6.54 Å². The Hall–Kier alpha value is -1.69. The molecule has 0 saturated carbocycles. The maximum atomic E-state index is 14.1. The Balaban J connectivity index is 2.36. The van der Waals surface area contributed by atoms with Gasteiger partial charge in [0, 0.05) is 19.6 Å². The summed E-state index contributed by atoms with van der Waals surface area (Å²) in [4.78, 5) is 13.1. The van der Waals surface area contributed by atoms with Gasteiger partial charge in [-0.25, -0.2) is 13.6 Å². The highest BCUT2D eigenvalue weighted by atomic mass is 19.2. The standard InChI is InChI=1S/C13H16F2N2O2/c1-3-17(8-6-16-7-8)10-5-4-9(13(18)19-2)11(14)12(10)15/h4-5,8,16H,3,6-7H2,1-2H3. The van der Waals surface area contributed by atoms with Gasteiger partial charge in [-0.05, 0) is 19.1 Å². The van der Waals surface area contributed by atoms with E-state index in [9.17, 15) is 13.6 Å². The van der Waals surface area contributed by atoms with E-state index in [1.165, 1.54) is 12.1 Å². The van der Waals surface area contributed by atoms with Gasteiger partial charge >= 0.3 is 5.97 Å². The number of esters is 1. The van der Waals surface area contributed by atoms with Crippen LogP contribution in [0, 0.1) is 11.6 Å². The van der Waals surface area contributed by atoms with Gasteiger partial charge in [-0.3, -0.25) is 0 Å². The maximum absolute atomic E-state index is 14.1. The highest BCUT2D eigenvalue weighted by Crippen LogP contribution is 2.27. The minimum absolute atomic E-state index is 0.155. The van der Waals surface area contributed by atoms with Crippen LogP contribution >= 0.6 is 0 Å². The highest BCUT2D eigenvalue weighted by Gasteiger charge is 2.28. The lowest BCUT2D eigenvalue weighted by atomic mass is 10.1. The van der Waals surface area contributed by atoms with Crippen LogP contribution in [-0.2, 0) is 4.74 Å². The van der Waals surface area contributed by atoms with Crippen molar-refractivity contribution in [2.75, 3.05) is 31.6 Å². The van der Waals surface area contributed by atoms with E-state index in [0.717, 1.165) is 20.2 Å². The quantitative estimate of drug-likeness (QED) is 0.843. The Morgan fingerprint density at radius 1 is 1.42 bits per heavy atom. The van der Waals surface area contributed by atoms with E-state index in [4.69, 9.17) is 0 Å². The number of nitrogens with zero attached hydrogens (tertiary/aromatic N) is 1. The van der Waals surface area contributed by atoms with Crippen LogP contribution in [0.1, 0.15) is 17.3 Å². The van der Waals surface area contributed by atoms with E-state index < -0.39 is 17.6 Å². The number of likely N-dealkylation sites (N-methyl/N-ethyl adjacent to an activating group) is 1. The molecule has 104 valence electrons. The van der Waals surface area contributed by atoms with Crippen molar-refractivity contribution >= 4 is 11.7 Å². The molecular formula is C13H16F2N2O2. The maximum Gasteiger partial charge on any atom is 0.340 e. The van der Waals surface area contributed by atoms with E-state index in [1.807, 2.05) is 6.92 Å². The number of anilines is 1. The summed E-state index contributed by atoms with van der Waals surface area (Å²) in [6, 6.07) is 2.84. The molecule has 6 heteroatoms. The molecule has 1 aliphatic rings. The normalized spacial score (nSPS) is 14.9. The SMILES string of the molecule is CCN(c1ccc(C(=O)OC)c(F)c1F)C1CNC1. The lowest BCUT2D eigenvalue weighted by Gasteiger charge is -2.39. The summed E-state index contributed by atoms with van der Waals surface area (Å²) in [6.45, 7) is 3.94. The largest absolute Gasteiger partial charge is 0.465 e. The summed E-state index contributed by atoms with van der Waals surface area (Å²) in [6.07, 6.45) is 0. The third-order valence-corrected chi connectivity index (χ3v) is 3.32. The number of rotatable bonds is 4. The molecule has 1 saturated heterocycles. The monoisotopic (exact) mass is 270 g/mol. The third kappa shape index (κ3) is 2.40. The lowest BCUT2D eigenvalue weighted by molar-refractivity contribution is 0.0594. The fourth-order valence-corrected chi connectivity index (χ4v) is 2.15. The smallest absolute Gasteiger partial charge is 0.340 e. The van der Waals surface area contributed by atoms with Crippen molar-refractivity contribution in [3.05, 3.63) is 29.3 Å². The highest BCUT2D eigenvalue weighted by molar-refractivity contribution is 5.90. The molecule has 0 unspecified atom stereocenters. The molecular weight excluding hydrogens is 254 g/mol. The van der Waals surface area contributed by atoms with Crippen molar-refractivity contribution in [1.29, 1.82) is 0 Å². The Kier molecular flexibility index (Phi) is 3.99. The summed E-state index contributed by atoms with van der Waals surface area (Å²) in [7, 11) is 1.13. The fraction of sp³-hybridized carbons (Fsp3) is 0.462. The molecule has 0 aromatic heterocycles. The van der Waals surface area contributed by atoms with Gasteiger partial charge in [-0.2, -0.15) is 0 Å². The number of ether oxygens (including phenoxy) is 1. The molecule has 1 heterocycles. The van der Waals surface area contributed by atoms with E-state index in [2.05, 4.69) is 10.1 Å². The zero-order valence-electron chi connectivity index (χ0n) is 10.9. The van der Waals surface area contributed by atoms with Gasteiger partial charge in [-0.15, -0.1) is 0 Å². The van der Waals surface area contributed by atoms with Gasteiger partial charge in [0.1, 0.15) is 0 Å². The summed E-state index contributed by atoms with van der Waals surface area (Å²) >= 11 is 0. The van der Waals surface area contributed by atoms with Gasteiger partial charge in [-0.1, -0.05) is 0 Å². The Morgan fingerprint density at radius 3 is 2.58 bits per heavy atom. The minimum Gasteiger partial charge on any atom is -0.465 e. The van der Waals surface area contributed by atoms with Crippen LogP contribution in [0.25, 0.3) is 0 Å². The first-order chi connectivity index (χ1) is 9.10. The van der Waals surface area contributed by atoms with Gasteiger partial charge in [0.15, 0.2) is 11.6 Å². The third-order valence-electron chi connectivity index (χ3n) is 3.32. The van der Waals surface area contributed by atoms with Gasteiger partial charge in [0.25, 0.3) is 0 Å². The molecule has 0 amide bonds. The van der Waals surface area contributed by atoms with Gasteiger partial charge in [0.05, 0.1) is 24.4 Å². The summed E-state index contributed by atoms with van der Waals surface area (Å²) in [5.74, 6) is -3.04. The first kappa shape index (κ1) is 13.7. The van der Waals surface area contributed by atoms with Crippen molar-refractivity contribution in [2.24, 2.45) is 0 Å². The lowest BCUT2D eigenvalue weighted by Crippen LogP contribution is -2.57. The molecule has 1 fully saturated rings. The number of benzene rings is 1. The Bertz CT molecular complexity index is 490. The first-order valence-corrected chi connectivity index (χ1v) is 6.13. The van der Waals surface area contributed by atoms with Crippen LogP contribution in [0.5, 0.6) is 0 Å². The number of carbonyl (C=O) groups is 1. The van der Waals surface area contributed by atoms with Gasteiger partial charge in [0.2, 0.25) is 0 Å². The number of nitrogens with one attached hydrogen (secondary N) is 1. The second-order valence-electron chi connectivity index (χ2n) is 4.35. The van der Waals surface area contributed by atoms with Crippen LogP contribution in [0.15, 0.2) is 12.1 Å². The van der Waals surface area contributed by atoms with Crippen molar-refractivity contribution in [3.63, 3.8) is 0 Å². The summed E-state index contributed by atoms with van der Waals surface area (Å²) in [5.41, 5.74) is -0.203. The van der Waals surface area contributed by atoms with Crippen LogP contribution in [0.4, 0.5) is 14.5 Å². The number of halogens is 2. The minimum atomic E-state index is -1.16. The molecule has 4 nitrogen and oxygen atoms in total. The number of carbonyl (C=O) groups excluding carboxylic acids is 1.